The molecule has 0 aromatic heterocycles. The van der Waals surface area contributed by atoms with Crippen LogP contribution in [0.2, 0.25) is 0 Å². The molecule has 0 saturated carbocycles. The minimum atomic E-state index is -3.61. The Hall–Kier alpha value is 0.170. The highest BCUT2D eigenvalue weighted by Gasteiger charge is 2.53. The van der Waals surface area contributed by atoms with Gasteiger partial charge in [-0.1, -0.05) is 0 Å². The third kappa shape index (κ3) is 4.37. The molecule has 0 spiro atoms. The van der Waals surface area contributed by atoms with Crippen LogP contribution in [0.5, 0.6) is 0 Å². The lowest BCUT2D eigenvalue weighted by Gasteiger charge is -2.33. The van der Waals surface area contributed by atoms with Gasteiger partial charge in [0.2, 0.25) is 13.5 Å². The number of hydrogen-bond donors (Lipinski definition) is 1. The van der Waals surface area contributed by atoms with Crippen molar-refractivity contribution in [3.63, 3.8) is 0 Å². The summed E-state index contributed by atoms with van der Waals surface area (Å²) in [4.78, 5) is 0. The first-order chi connectivity index (χ1) is 8.55. The van der Waals surface area contributed by atoms with E-state index in [9.17, 15) is 9.13 Å². The van der Waals surface area contributed by atoms with E-state index in [1.807, 2.05) is 0 Å². The molecule has 0 fully saturated rings. The van der Waals surface area contributed by atoms with Gasteiger partial charge in [0.1, 0.15) is 0 Å². The Morgan fingerprint density at radius 1 is 1.17 bits per heavy atom. The lowest BCUT2D eigenvalue weighted by molar-refractivity contribution is 0.0462. The van der Waals surface area contributed by atoms with Gasteiger partial charge in [-0.25, -0.2) is 0 Å². The Kier molecular flexibility index (Phi) is 9.22. The van der Waals surface area contributed by atoms with E-state index in [0.29, 0.717) is 13.0 Å². The molecule has 0 saturated heterocycles. The molecule has 1 atom stereocenters. The molecule has 108 valence electrons. The maximum atomic E-state index is 12.7. The molecule has 0 bridgehead atoms. The zero-order valence-electron chi connectivity index (χ0n) is 11.3. The molecule has 0 aliphatic carbocycles. The van der Waals surface area contributed by atoms with Crippen molar-refractivity contribution >= 4 is 16.1 Å². The standard InChI is InChI=1S/C10H23NO5P2/c1-4-14-10(17-12,8-7-9-11)18(13,15-5-2)16-6-3/h4-9,11H2,1-3H3/t10-/m1/s1. The number of rotatable bonds is 11. The van der Waals surface area contributed by atoms with Gasteiger partial charge in [0.15, 0.2) is 0 Å². The van der Waals surface area contributed by atoms with E-state index in [2.05, 4.69) is 0 Å². The predicted molar refractivity (Wildman–Crippen MR) is 71.1 cm³/mol. The van der Waals surface area contributed by atoms with E-state index in [4.69, 9.17) is 19.5 Å². The van der Waals surface area contributed by atoms with Crippen LogP contribution in [0.3, 0.4) is 0 Å². The predicted octanol–water partition coefficient (Wildman–Crippen LogP) is 2.97. The maximum absolute atomic E-state index is 12.7. The Labute approximate surface area is 110 Å². The normalized spacial score (nSPS) is 15.8. The fraction of sp³-hybridized carbons (Fsp3) is 1.00. The molecule has 2 N–H and O–H groups in total. The monoisotopic (exact) mass is 299 g/mol. The summed E-state index contributed by atoms with van der Waals surface area (Å²) in [5, 5.41) is -1.45. The van der Waals surface area contributed by atoms with Crippen molar-refractivity contribution in [3.05, 3.63) is 0 Å². The van der Waals surface area contributed by atoms with Crippen LogP contribution in [-0.2, 0) is 22.9 Å². The van der Waals surface area contributed by atoms with Crippen LogP contribution in [0.4, 0.5) is 0 Å². The molecular formula is C10H23NO5P2. The van der Waals surface area contributed by atoms with Gasteiger partial charge < -0.3 is 19.5 Å². The zero-order valence-corrected chi connectivity index (χ0v) is 13.0. The van der Waals surface area contributed by atoms with Gasteiger partial charge in [-0.2, -0.15) is 0 Å². The second kappa shape index (κ2) is 9.13. The molecule has 0 rings (SSSR count). The molecule has 18 heavy (non-hydrogen) atoms. The van der Waals surface area contributed by atoms with E-state index in [1.165, 1.54) is 0 Å². The first kappa shape index (κ1) is 18.2. The van der Waals surface area contributed by atoms with Gasteiger partial charge in [-0.05, 0) is 33.7 Å². The van der Waals surface area contributed by atoms with E-state index in [1.54, 1.807) is 20.8 Å². The molecule has 0 aromatic carbocycles. The summed E-state index contributed by atoms with van der Waals surface area (Å²) in [6, 6.07) is 0. The summed E-state index contributed by atoms with van der Waals surface area (Å²) in [7, 11) is -4.01. The smallest absolute Gasteiger partial charge is 0.352 e. The lowest BCUT2D eigenvalue weighted by atomic mass is 10.3. The minimum Gasteiger partial charge on any atom is -0.352 e. The van der Waals surface area contributed by atoms with Gasteiger partial charge in [0, 0.05) is 13.0 Å². The quantitative estimate of drug-likeness (QED) is 0.590. The summed E-state index contributed by atoms with van der Waals surface area (Å²) in [6.45, 7) is 6.20. The van der Waals surface area contributed by atoms with Gasteiger partial charge >= 0.3 is 7.60 Å². The number of ether oxygens (including phenoxy) is 1. The summed E-state index contributed by atoms with van der Waals surface area (Å²) in [6.07, 6.45) is 0.791. The Morgan fingerprint density at radius 3 is 2.06 bits per heavy atom. The summed E-state index contributed by atoms with van der Waals surface area (Å²) in [5.41, 5.74) is 5.45. The third-order valence-electron chi connectivity index (χ3n) is 2.25. The largest absolute Gasteiger partial charge is 0.374 e. The van der Waals surface area contributed by atoms with E-state index >= 15 is 0 Å². The minimum absolute atomic E-state index is 0.199. The Balaban J connectivity index is 5.30. The van der Waals surface area contributed by atoms with Gasteiger partial charge in [0.25, 0.3) is 0 Å². The topological polar surface area (TPSA) is 87.9 Å². The Bertz CT molecular complexity index is 279. The van der Waals surface area contributed by atoms with Crippen LogP contribution in [-0.4, -0.2) is 31.4 Å². The molecule has 6 nitrogen and oxygen atoms in total. The van der Waals surface area contributed by atoms with Crippen molar-refractivity contribution in [2.75, 3.05) is 26.4 Å². The highest BCUT2D eigenvalue weighted by atomic mass is 31.2. The van der Waals surface area contributed by atoms with Gasteiger partial charge in [-0.15, -0.1) is 0 Å². The molecule has 0 aromatic rings. The average Bonchev–Trinajstić information content (AvgIpc) is 2.35. The van der Waals surface area contributed by atoms with Crippen LogP contribution in [0.15, 0.2) is 0 Å². The van der Waals surface area contributed by atoms with Crippen LogP contribution in [0.1, 0.15) is 33.6 Å². The first-order valence-corrected chi connectivity index (χ1v) is 8.49. The molecule has 0 radical (unpaired) electrons. The van der Waals surface area contributed by atoms with Crippen LogP contribution >= 0.6 is 16.1 Å². The fourth-order valence-corrected chi connectivity index (χ4v) is 4.61. The van der Waals surface area contributed by atoms with Gasteiger partial charge in [0.05, 0.1) is 13.2 Å². The average molecular weight is 299 g/mol. The Morgan fingerprint density at radius 2 is 1.72 bits per heavy atom. The van der Waals surface area contributed by atoms with E-state index < -0.39 is 21.1 Å². The van der Waals surface area contributed by atoms with Crippen molar-refractivity contribution in [2.45, 2.75) is 38.7 Å². The van der Waals surface area contributed by atoms with Crippen molar-refractivity contribution in [3.8, 4) is 0 Å². The number of hydrogen-bond acceptors (Lipinski definition) is 6. The fourth-order valence-electron chi connectivity index (χ4n) is 1.55. The summed E-state index contributed by atoms with van der Waals surface area (Å²) in [5.74, 6) is 0. The van der Waals surface area contributed by atoms with Crippen molar-refractivity contribution in [2.24, 2.45) is 5.73 Å². The molecular weight excluding hydrogens is 276 g/mol. The molecule has 0 aliphatic heterocycles. The SMILES string of the molecule is CCO[C@](CCCN)(P=O)P(=O)(OCC)OCC. The van der Waals surface area contributed by atoms with Gasteiger partial charge in [-0.3, -0.25) is 9.13 Å². The van der Waals surface area contributed by atoms with Crippen molar-refractivity contribution < 1.29 is 22.9 Å². The van der Waals surface area contributed by atoms with Crippen LogP contribution in [0.25, 0.3) is 0 Å². The second-order valence-corrected chi connectivity index (χ2v) is 6.98. The van der Waals surface area contributed by atoms with Crippen LogP contribution < -0.4 is 5.73 Å². The highest BCUT2D eigenvalue weighted by molar-refractivity contribution is 7.64. The first-order valence-electron chi connectivity index (χ1n) is 6.13. The van der Waals surface area contributed by atoms with E-state index in [0.717, 1.165) is 0 Å². The van der Waals surface area contributed by atoms with Crippen molar-refractivity contribution in [1.82, 2.24) is 0 Å². The molecule has 0 amide bonds. The summed E-state index contributed by atoms with van der Waals surface area (Å²) >= 11 is 0. The number of nitrogens with two attached hydrogens (primary N) is 1. The maximum Gasteiger partial charge on any atom is 0.374 e. The summed E-state index contributed by atoms with van der Waals surface area (Å²) < 4.78 is 40.2. The molecule has 0 heterocycles. The van der Waals surface area contributed by atoms with Crippen LogP contribution in [0, 0.1) is 0 Å². The lowest BCUT2D eigenvalue weighted by Crippen LogP contribution is -2.29. The molecule has 0 aliphatic rings. The van der Waals surface area contributed by atoms with E-state index in [-0.39, 0.29) is 26.2 Å². The second-order valence-electron chi connectivity index (χ2n) is 3.49. The molecule has 8 heteroatoms. The zero-order chi connectivity index (χ0) is 14.1. The van der Waals surface area contributed by atoms with Crippen molar-refractivity contribution in [1.29, 1.82) is 0 Å². The molecule has 0 unspecified atom stereocenters. The highest BCUT2D eigenvalue weighted by Crippen LogP contribution is 2.66. The third-order valence-corrected chi connectivity index (χ3v) is 6.27.